The summed E-state index contributed by atoms with van der Waals surface area (Å²) in [5, 5.41) is 10.7. The summed E-state index contributed by atoms with van der Waals surface area (Å²) >= 11 is 0. The van der Waals surface area contributed by atoms with Crippen LogP contribution in [0, 0.1) is 46.3 Å². The van der Waals surface area contributed by atoms with Crippen molar-refractivity contribution < 1.29 is 38.4 Å². The summed E-state index contributed by atoms with van der Waals surface area (Å²) in [5.74, 6) is 0.468. The summed E-state index contributed by atoms with van der Waals surface area (Å²) in [4.78, 5) is 36.6. The molecule has 8 nitrogen and oxygen atoms in total. The van der Waals surface area contributed by atoms with E-state index >= 15 is 0 Å². The molecule has 3 unspecified atom stereocenters. The Balaban J connectivity index is 1.52. The standard InChI is InChI=1S/C29H44O8/c1-14(7-10-24(33)34-6)18-8-9-19-25-20(13-23(29(18,19)5)36-16(3)31)28(4)17(12-22(25)35-15(2)30)11-21(32)26-27(28)37-26/h14,17-23,25-27,32H,7-13H2,1-6H3/t14-,17+,18-,19+,20?,21+,22?,23+,25?,26+,27+,28+,29-/m1/s1. The lowest BCUT2D eigenvalue weighted by atomic mass is 9.43. The zero-order chi connectivity index (χ0) is 26.9. The van der Waals surface area contributed by atoms with Crippen LogP contribution in [0.4, 0.5) is 0 Å². The molecule has 5 aliphatic rings. The van der Waals surface area contributed by atoms with E-state index in [1.165, 1.54) is 21.0 Å². The molecule has 1 heterocycles. The van der Waals surface area contributed by atoms with Crippen LogP contribution in [0.3, 0.4) is 0 Å². The number of rotatable bonds is 6. The second-order valence-electron chi connectivity index (χ2n) is 13.0. The number of epoxide rings is 1. The van der Waals surface area contributed by atoms with E-state index in [0.29, 0.717) is 19.3 Å². The van der Waals surface area contributed by atoms with Gasteiger partial charge in [-0.3, -0.25) is 14.4 Å². The first-order valence-corrected chi connectivity index (χ1v) is 14.2. The number of hydrogen-bond donors (Lipinski definition) is 1. The highest BCUT2D eigenvalue weighted by Gasteiger charge is 2.73. The SMILES string of the molecule is COC(=O)CC[C@@H](C)[C@H]1CC[C@H]2C3C(OC(C)=O)C[C@@H]4C[C@H](O)[C@@H]5O[C@@H]5[C@]4(C)C3C[C@H](OC(C)=O)[C@]12C. The number of esters is 3. The Kier molecular flexibility index (Phi) is 6.92. The van der Waals surface area contributed by atoms with Crippen LogP contribution in [0.25, 0.3) is 0 Å². The van der Waals surface area contributed by atoms with Crippen molar-refractivity contribution in [1.29, 1.82) is 0 Å². The van der Waals surface area contributed by atoms with E-state index in [2.05, 4.69) is 20.8 Å². The maximum atomic E-state index is 12.4. The third kappa shape index (κ3) is 4.21. The van der Waals surface area contributed by atoms with Gasteiger partial charge in [0.15, 0.2) is 0 Å². The average molecular weight is 521 g/mol. The Bertz CT molecular complexity index is 935. The monoisotopic (exact) mass is 520 g/mol. The topological polar surface area (TPSA) is 112 Å². The molecule has 0 aromatic rings. The van der Waals surface area contributed by atoms with Crippen molar-refractivity contribution in [2.75, 3.05) is 7.11 Å². The van der Waals surface area contributed by atoms with Crippen LogP contribution in [-0.4, -0.2) is 60.6 Å². The van der Waals surface area contributed by atoms with Gasteiger partial charge in [0.1, 0.15) is 18.3 Å². The third-order valence-electron chi connectivity index (χ3n) is 11.5. The largest absolute Gasteiger partial charge is 0.469 e. The summed E-state index contributed by atoms with van der Waals surface area (Å²) < 4.78 is 23.2. The first-order valence-electron chi connectivity index (χ1n) is 14.2. The highest BCUT2D eigenvalue weighted by atomic mass is 16.6. The summed E-state index contributed by atoms with van der Waals surface area (Å²) in [7, 11) is 1.42. The van der Waals surface area contributed by atoms with Crippen LogP contribution in [-0.2, 0) is 33.3 Å². The van der Waals surface area contributed by atoms with Gasteiger partial charge in [-0.25, -0.2) is 0 Å². The van der Waals surface area contributed by atoms with Crippen molar-refractivity contribution in [2.24, 2.45) is 46.3 Å². The van der Waals surface area contributed by atoms with Gasteiger partial charge in [-0.15, -0.1) is 0 Å². The maximum Gasteiger partial charge on any atom is 0.305 e. The Labute approximate surface area is 220 Å². The van der Waals surface area contributed by atoms with E-state index in [4.69, 9.17) is 18.9 Å². The van der Waals surface area contributed by atoms with Gasteiger partial charge in [0.2, 0.25) is 0 Å². The molecule has 0 aromatic heterocycles. The summed E-state index contributed by atoms with van der Waals surface area (Å²) in [6.07, 6.45) is 4.02. The molecule has 0 spiro atoms. The predicted molar refractivity (Wildman–Crippen MR) is 133 cm³/mol. The van der Waals surface area contributed by atoms with E-state index in [1.807, 2.05) is 0 Å². The van der Waals surface area contributed by atoms with E-state index in [1.54, 1.807) is 0 Å². The van der Waals surface area contributed by atoms with Gasteiger partial charge in [0.05, 0.1) is 19.3 Å². The smallest absolute Gasteiger partial charge is 0.305 e. The molecule has 4 aliphatic carbocycles. The van der Waals surface area contributed by atoms with Crippen molar-refractivity contribution in [1.82, 2.24) is 0 Å². The maximum absolute atomic E-state index is 12.4. The lowest BCUT2D eigenvalue weighted by molar-refractivity contribution is -0.221. The molecule has 0 amide bonds. The molecule has 208 valence electrons. The average Bonchev–Trinajstić information content (AvgIpc) is 3.56. The molecule has 0 radical (unpaired) electrons. The molecule has 1 saturated heterocycles. The van der Waals surface area contributed by atoms with Gasteiger partial charge < -0.3 is 24.1 Å². The Hall–Kier alpha value is -1.67. The molecule has 5 rings (SSSR count). The first kappa shape index (κ1) is 26.9. The van der Waals surface area contributed by atoms with Gasteiger partial charge in [0, 0.05) is 37.0 Å². The molecule has 5 fully saturated rings. The molecule has 37 heavy (non-hydrogen) atoms. The van der Waals surface area contributed by atoms with Gasteiger partial charge in [0.25, 0.3) is 0 Å². The summed E-state index contributed by atoms with van der Waals surface area (Å²) in [6, 6.07) is 0. The van der Waals surface area contributed by atoms with E-state index in [0.717, 1.165) is 25.7 Å². The Morgan fingerprint density at radius 2 is 1.70 bits per heavy atom. The highest BCUT2D eigenvalue weighted by Crippen LogP contribution is 2.71. The van der Waals surface area contributed by atoms with Gasteiger partial charge in [-0.05, 0) is 68.1 Å². The van der Waals surface area contributed by atoms with Crippen molar-refractivity contribution in [3.63, 3.8) is 0 Å². The van der Waals surface area contributed by atoms with Crippen LogP contribution in [0.15, 0.2) is 0 Å². The van der Waals surface area contributed by atoms with Crippen molar-refractivity contribution in [3.8, 4) is 0 Å². The van der Waals surface area contributed by atoms with Gasteiger partial charge in [-0.2, -0.15) is 0 Å². The highest BCUT2D eigenvalue weighted by molar-refractivity contribution is 5.69. The number of methoxy groups -OCH3 is 1. The Morgan fingerprint density at radius 3 is 2.35 bits per heavy atom. The lowest BCUT2D eigenvalue weighted by Gasteiger charge is -2.63. The zero-order valence-corrected chi connectivity index (χ0v) is 23.1. The lowest BCUT2D eigenvalue weighted by Crippen LogP contribution is -2.65. The minimum Gasteiger partial charge on any atom is -0.469 e. The molecular formula is C29H44O8. The fourth-order valence-corrected chi connectivity index (χ4v) is 9.84. The fourth-order valence-electron chi connectivity index (χ4n) is 9.84. The van der Waals surface area contributed by atoms with Gasteiger partial charge >= 0.3 is 17.9 Å². The van der Waals surface area contributed by atoms with Crippen LogP contribution in [0.2, 0.25) is 0 Å². The molecule has 0 bridgehead atoms. The van der Waals surface area contributed by atoms with Crippen LogP contribution in [0.5, 0.6) is 0 Å². The van der Waals surface area contributed by atoms with E-state index in [-0.39, 0.29) is 88.7 Å². The Morgan fingerprint density at radius 1 is 1.00 bits per heavy atom. The number of aliphatic hydroxyl groups is 1. The fraction of sp³-hybridized carbons (Fsp3) is 0.897. The molecule has 1 N–H and O–H groups in total. The molecule has 0 aromatic carbocycles. The van der Waals surface area contributed by atoms with Crippen LogP contribution >= 0.6 is 0 Å². The number of carbonyl (C=O) groups is 3. The minimum absolute atomic E-state index is 0.00876. The van der Waals surface area contributed by atoms with Gasteiger partial charge in [-0.1, -0.05) is 20.8 Å². The second-order valence-corrected chi connectivity index (χ2v) is 13.0. The quantitative estimate of drug-likeness (QED) is 0.321. The third-order valence-corrected chi connectivity index (χ3v) is 11.5. The van der Waals surface area contributed by atoms with E-state index in [9.17, 15) is 19.5 Å². The number of ether oxygens (including phenoxy) is 4. The van der Waals surface area contributed by atoms with E-state index < -0.39 is 6.10 Å². The first-order chi connectivity index (χ1) is 17.4. The number of fused-ring (bicyclic) bond motifs is 7. The van der Waals surface area contributed by atoms with Crippen LogP contribution in [0.1, 0.15) is 79.6 Å². The normalized spacial score (nSPS) is 48.4. The molecule has 13 atom stereocenters. The molecule has 1 aliphatic heterocycles. The molecular weight excluding hydrogens is 476 g/mol. The molecule has 4 saturated carbocycles. The number of carbonyl (C=O) groups excluding carboxylic acids is 3. The van der Waals surface area contributed by atoms with Crippen molar-refractivity contribution in [3.05, 3.63) is 0 Å². The van der Waals surface area contributed by atoms with Crippen LogP contribution < -0.4 is 0 Å². The summed E-state index contributed by atoms with van der Waals surface area (Å²) in [5.41, 5.74) is -0.457. The second kappa shape index (κ2) is 9.51. The zero-order valence-electron chi connectivity index (χ0n) is 23.1. The number of hydrogen-bond acceptors (Lipinski definition) is 8. The van der Waals surface area contributed by atoms with Crippen molar-refractivity contribution >= 4 is 17.9 Å². The summed E-state index contributed by atoms with van der Waals surface area (Å²) in [6.45, 7) is 9.74. The predicted octanol–water partition coefficient (Wildman–Crippen LogP) is 3.67. The minimum atomic E-state index is -0.484. The molecule has 8 heteroatoms. The number of aliphatic hydroxyl groups excluding tert-OH is 1. The van der Waals surface area contributed by atoms with Crippen molar-refractivity contribution in [2.45, 2.75) is 110 Å².